The monoisotopic (exact) mass is 292 g/mol. The van der Waals surface area contributed by atoms with E-state index in [-0.39, 0.29) is 0 Å². The number of carbonyl (C=O) groups is 1. The number of allylic oxidation sites excluding steroid dienone is 5. The number of aliphatic carboxylic acids is 1. The molecule has 0 saturated carbocycles. The van der Waals surface area contributed by atoms with Crippen molar-refractivity contribution in [3.63, 3.8) is 0 Å². The minimum atomic E-state index is -2.47. The second-order valence-corrected chi connectivity index (χ2v) is 4.80. The normalized spacial score (nSPS) is 26.7. The zero-order chi connectivity index (χ0) is 15.6. The Labute approximate surface area is 119 Å². The SMILES string of the molecule is O=C(O)C1C=CC=CC1C1C=CC([N+](=O)[O-])([N+](=O)[O-])C=C1. The Morgan fingerprint density at radius 1 is 1.00 bits per heavy atom. The van der Waals surface area contributed by atoms with Crippen LogP contribution in [0.2, 0.25) is 0 Å². The summed E-state index contributed by atoms with van der Waals surface area (Å²) in [5, 5.41) is 31.0. The van der Waals surface area contributed by atoms with E-state index < -0.39 is 39.2 Å². The molecular formula is C13H12N2O6. The van der Waals surface area contributed by atoms with Crippen LogP contribution in [0.3, 0.4) is 0 Å². The minimum Gasteiger partial charge on any atom is -0.481 e. The molecule has 0 saturated heterocycles. The lowest BCUT2D eigenvalue weighted by Crippen LogP contribution is -2.44. The second-order valence-electron chi connectivity index (χ2n) is 4.80. The van der Waals surface area contributed by atoms with Crippen molar-refractivity contribution >= 4 is 5.97 Å². The van der Waals surface area contributed by atoms with Crippen LogP contribution in [0, 0.1) is 38.0 Å². The van der Waals surface area contributed by atoms with Gasteiger partial charge in [-0.25, -0.2) is 0 Å². The lowest BCUT2D eigenvalue weighted by Gasteiger charge is -2.27. The number of rotatable bonds is 4. The maximum absolute atomic E-state index is 11.2. The molecule has 2 aliphatic rings. The van der Waals surface area contributed by atoms with Gasteiger partial charge in [0.2, 0.25) is 0 Å². The molecule has 1 N–H and O–H groups in total. The van der Waals surface area contributed by atoms with E-state index in [1.807, 2.05) is 0 Å². The van der Waals surface area contributed by atoms with Crippen molar-refractivity contribution < 1.29 is 19.7 Å². The fraction of sp³-hybridized carbons (Fsp3) is 0.308. The van der Waals surface area contributed by atoms with Crippen molar-refractivity contribution in [1.29, 1.82) is 0 Å². The Balaban J connectivity index is 2.27. The van der Waals surface area contributed by atoms with E-state index in [1.54, 1.807) is 18.2 Å². The second kappa shape index (κ2) is 5.31. The third-order valence-electron chi connectivity index (χ3n) is 3.62. The first kappa shape index (κ1) is 14.6. The van der Waals surface area contributed by atoms with Crippen LogP contribution in [0.5, 0.6) is 0 Å². The number of hydrogen-bond acceptors (Lipinski definition) is 5. The summed E-state index contributed by atoms with van der Waals surface area (Å²) in [6, 6.07) is 0. The van der Waals surface area contributed by atoms with Crippen LogP contribution in [-0.4, -0.2) is 26.6 Å². The molecule has 2 atom stereocenters. The average molecular weight is 292 g/mol. The van der Waals surface area contributed by atoms with Gasteiger partial charge in [-0.1, -0.05) is 36.5 Å². The highest BCUT2D eigenvalue weighted by molar-refractivity contribution is 5.73. The Morgan fingerprint density at radius 3 is 2.00 bits per heavy atom. The molecule has 0 aromatic heterocycles. The van der Waals surface area contributed by atoms with Crippen LogP contribution >= 0.6 is 0 Å². The topological polar surface area (TPSA) is 124 Å². The first-order valence-electron chi connectivity index (χ1n) is 6.14. The van der Waals surface area contributed by atoms with Gasteiger partial charge in [-0.15, -0.1) is 0 Å². The highest BCUT2D eigenvalue weighted by atomic mass is 16.7. The summed E-state index contributed by atoms with van der Waals surface area (Å²) in [7, 11) is 0. The van der Waals surface area contributed by atoms with E-state index in [9.17, 15) is 25.0 Å². The molecule has 8 heteroatoms. The summed E-state index contributed by atoms with van der Waals surface area (Å²) >= 11 is 0. The van der Waals surface area contributed by atoms with Crippen molar-refractivity contribution in [3.05, 3.63) is 68.8 Å². The fourth-order valence-electron chi connectivity index (χ4n) is 2.43. The average Bonchev–Trinajstić information content (AvgIpc) is 2.46. The third kappa shape index (κ3) is 2.47. The molecule has 0 amide bonds. The van der Waals surface area contributed by atoms with Gasteiger partial charge in [-0.2, -0.15) is 0 Å². The van der Waals surface area contributed by atoms with Gasteiger partial charge in [0.1, 0.15) is 9.85 Å². The highest BCUT2D eigenvalue weighted by Crippen LogP contribution is 2.33. The van der Waals surface area contributed by atoms with Crippen LogP contribution < -0.4 is 0 Å². The van der Waals surface area contributed by atoms with Crippen molar-refractivity contribution in [1.82, 2.24) is 0 Å². The molecule has 8 nitrogen and oxygen atoms in total. The molecule has 0 radical (unpaired) electrons. The number of carboxylic acid groups (broad SMARTS) is 1. The molecule has 110 valence electrons. The summed E-state index contributed by atoms with van der Waals surface area (Å²) in [5.74, 6) is -2.66. The molecule has 0 aliphatic heterocycles. The van der Waals surface area contributed by atoms with Crippen molar-refractivity contribution in [2.24, 2.45) is 17.8 Å². The van der Waals surface area contributed by atoms with Crippen LogP contribution in [-0.2, 0) is 4.79 Å². The van der Waals surface area contributed by atoms with Crippen molar-refractivity contribution in [3.8, 4) is 0 Å². The zero-order valence-electron chi connectivity index (χ0n) is 10.7. The first-order valence-corrected chi connectivity index (χ1v) is 6.14. The highest BCUT2D eigenvalue weighted by Gasteiger charge is 2.52. The van der Waals surface area contributed by atoms with E-state index in [4.69, 9.17) is 5.11 Å². The third-order valence-corrected chi connectivity index (χ3v) is 3.62. The van der Waals surface area contributed by atoms with E-state index >= 15 is 0 Å². The van der Waals surface area contributed by atoms with Gasteiger partial charge in [0.15, 0.2) is 0 Å². The fourth-order valence-corrected chi connectivity index (χ4v) is 2.43. The Morgan fingerprint density at radius 2 is 1.52 bits per heavy atom. The number of nitrogens with zero attached hydrogens (tertiary/aromatic N) is 2. The number of hydrogen-bond donors (Lipinski definition) is 1. The smallest absolute Gasteiger partial charge is 0.481 e. The predicted molar refractivity (Wildman–Crippen MR) is 71.4 cm³/mol. The maximum Gasteiger partial charge on any atom is 0.497 e. The predicted octanol–water partition coefficient (Wildman–Crippen LogP) is 1.42. The van der Waals surface area contributed by atoms with Crippen molar-refractivity contribution in [2.45, 2.75) is 5.66 Å². The molecule has 0 spiro atoms. The van der Waals surface area contributed by atoms with Crippen LogP contribution in [0.1, 0.15) is 0 Å². The largest absolute Gasteiger partial charge is 0.497 e. The molecule has 0 bridgehead atoms. The Bertz CT molecular complexity index is 574. The molecule has 21 heavy (non-hydrogen) atoms. The van der Waals surface area contributed by atoms with Gasteiger partial charge in [0.05, 0.1) is 18.1 Å². The van der Waals surface area contributed by atoms with Crippen molar-refractivity contribution in [2.75, 3.05) is 0 Å². The maximum atomic E-state index is 11.2. The van der Waals surface area contributed by atoms with Gasteiger partial charge in [-0.05, 0) is 0 Å². The zero-order valence-corrected chi connectivity index (χ0v) is 10.7. The molecule has 0 heterocycles. The quantitative estimate of drug-likeness (QED) is 0.361. The van der Waals surface area contributed by atoms with Gasteiger partial charge < -0.3 is 5.11 Å². The molecule has 2 rings (SSSR count). The molecule has 2 unspecified atom stereocenters. The number of carboxylic acids is 1. The van der Waals surface area contributed by atoms with Gasteiger partial charge in [-0.3, -0.25) is 25.0 Å². The molecule has 0 aromatic carbocycles. The van der Waals surface area contributed by atoms with E-state index in [0.717, 1.165) is 12.2 Å². The molecule has 0 fully saturated rings. The van der Waals surface area contributed by atoms with E-state index in [2.05, 4.69) is 0 Å². The van der Waals surface area contributed by atoms with Gasteiger partial charge >= 0.3 is 11.6 Å². The summed E-state index contributed by atoms with van der Waals surface area (Å²) in [4.78, 5) is 31.1. The standard InChI is InChI=1S/C13H12N2O6/c16-12(17)11-4-2-1-3-10(11)9-5-7-13(8-6-9,14(18)19)15(20)21/h1-11H,(H,16,17). The Kier molecular flexibility index (Phi) is 3.70. The molecule has 2 aliphatic carbocycles. The van der Waals surface area contributed by atoms with Crippen LogP contribution in [0.15, 0.2) is 48.6 Å². The molecule has 0 aromatic rings. The lowest BCUT2D eigenvalue weighted by atomic mass is 9.76. The summed E-state index contributed by atoms with van der Waals surface area (Å²) < 4.78 is 0. The summed E-state index contributed by atoms with van der Waals surface area (Å²) in [5.41, 5.74) is -2.47. The van der Waals surface area contributed by atoms with Gasteiger partial charge in [0.25, 0.3) is 0 Å². The van der Waals surface area contributed by atoms with Crippen LogP contribution in [0.4, 0.5) is 0 Å². The first-order chi connectivity index (χ1) is 9.88. The van der Waals surface area contributed by atoms with E-state index in [1.165, 1.54) is 18.2 Å². The lowest BCUT2D eigenvalue weighted by molar-refractivity contribution is -0.765. The minimum absolute atomic E-state index is 0.434. The number of nitro groups is 2. The van der Waals surface area contributed by atoms with Gasteiger partial charge in [0, 0.05) is 11.8 Å². The van der Waals surface area contributed by atoms with Crippen LogP contribution in [0.25, 0.3) is 0 Å². The molecular weight excluding hydrogens is 280 g/mol. The van der Waals surface area contributed by atoms with E-state index in [0.29, 0.717) is 0 Å². The summed E-state index contributed by atoms with van der Waals surface area (Å²) in [6.07, 6.45) is 11.0. The summed E-state index contributed by atoms with van der Waals surface area (Å²) in [6.45, 7) is 0. The Hall–Kier alpha value is -2.77.